The van der Waals surface area contributed by atoms with E-state index < -0.39 is 35.6 Å². The van der Waals surface area contributed by atoms with Gasteiger partial charge in [0, 0.05) is 12.1 Å². The molecule has 0 saturated carbocycles. The van der Waals surface area contributed by atoms with Gasteiger partial charge in [-0.1, -0.05) is 30.0 Å². The van der Waals surface area contributed by atoms with Crippen LogP contribution in [0.5, 0.6) is 5.75 Å². The Morgan fingerprint density at radius 3 is 2.49 bits per heavy atom. The number of hydrogen-bond donors (Lipinski definition) is 2. The standard InChI is InChI=1S/C26H25F3N4O5S/c1-25(2,3)38-24(36)32-33-14-39-22-19(23(35)31-17-5-4-10-30-13-17)12-16(21(34)20(22)33)11-15-6-8-18(9-7-15)37-26(27,28)29/h4-10,12-13,16H,11,14H2,1-3H3,(H,31,35)(H,32,36). The first kappa shape index (κ1) is 28.0. The van der Waals surface area contributed by atoms with E-state index in [1.54, 1.807) is 39.1 Å². The molecule has 1 aliphatic heterocycles. The van der Waals surface area contributed by atoms with Crippen LogP contribution >= 0.6 is 11.8 Å². The molecule has 0 fully saturated rings. The van der Waals surface area contributed by atoms with Crippen LogP contribution < -0.4 is 15.5 Å². The Hall–Kier alpha value is -4.00. The number of ketones is 1. The van der Waals surface area contributed by atoms with Crippen molar-refractivity contribution in [2.75, 3.05) is 11.2 Å². The zero-order valence-electron chi connectivity index (χ0n) is 21.2. The number of rotatable bonds is 6. The predicted molar refractivity (Wildman–Crippen MR) is 137 cm³/mol. The Kier molecular flexibility index (Phi) is 7.91. The van der Waals surface area contributed by atoms with Crippen LogP contribution in [0.15, 0.2) is 71.0 Å². The molecule has 13 heteroatoms. The second-order valence-corrected chi connectivity index (χ2v) is 10.6. The Bertz CT molecular complexity index is 1320. The Morgan fingerprint density at radius 2 is 1.87 bits per heavy atom. The summed E-state index contributed by atoms with van der Waals surface area (Å²) in [4.78, 5) is 43.7. The van der Waals surface area contributed by atoms with Gasteiger partial charge in [0.05, 0.1) is 28.2 Å². The number of anilines is 1. The summed E-state index contributed by atoms with van der Waals surface area (Å²) in [5.41, 5.74) is 3.15. The molecule has 9 nitrogen and oxygen atoms in total. The van der Waals surface area contributed by atoms with Gasteiger partial charge in [0.2, 0.25) is 0 Å². The number of nitrogens with one attached hydrogen (secondary N) is 2. The van der Waals surface area contributed by atoms with Gasteiger partial charge in [-0.15, -0.1) is 13.2 Å². The third kappa shape index (κ3) is 7.31. The molecule has 206 valence electrons. The Labute approximate surface area is 226 Å². The maximum atomic E-state index is 13.6. The van der Waals surface area contributed by atoms with E-state index in [1.165, 1.54) is 41.2 Å². The molecule has 39 heavy (non-hydrogen) atoms. The topological polar surface area (TPSA) is 110 Å². The van der Waals surface area contributed by atoms with Gasteiger partial charge in [-0.05, 0) is 57.0 Å². The molecular weight excluding hydrogens is 537 g/mol. The first-order valence-electron chi connectivity index (χ1n) is 11.8. The molecule has 1 unspecified atom stereocenters. The van der Waals surface area contributed by atoms with Crippen LogP contribution in [0, 0.1) is 5.92 Å². The molecule has 1 aromatic carbocycles. The third-order valence-corrected chi connectivity index (χ3v) is 6.50. The van der Waals surface area contributed by atoms with Crippen molar-refractivity contribution in [1.29, 1.82) is 0 Å². The van der Waals surface area contributed by atoms with Gasteiger partial charge in [-0.3, -0.25) is 19.6 Å². The van der Waals surface area contributed by atoms with Crippen LogP contribution in [0.4, 0.5) is 23.7 Å². The maximum absolute atomic E-state index is 13.6. The van der Waals surface area contributed by atoms with E-state index in [9.17, 15) is 27.6 Å². The molecule has 2 amide bonds. The van der Waals surface area contributed by atoms with Gasteiger partial charge in [0.25, 0.3) is 5.91 Å². The minimum absolute atomic E-state index is 0.0938. The van der Waals surface area contributed by atoms with Crippen molar-refractivity contribution in [2.45, 2.75) is 39.2 Å². The van der Waals surface area contributed by atoms with Crippen LogP contribution in [-0.4, -0.2) is 45.6 Å². The fraction of sp³-hybridized carbons (Fsp3) is 0.308. The number of allylic oxidation sites excluding steroid dienone is 2. The number of amides is 2. The number of alkyl halides is 3. The van der Waals surface area contributed by atoms with Crippen molar-refractivity contribution >= 4 is 35.2 Å². The zero-order valence-corrected chi connectivity index (χ0v) is 22.0. The summed E-state index contributed by atoms with van der Waals surface area (Å²) in [6.45, 7) is 5.10. The highest BCUT2D eigenvalue weighted by Gasteiger charge is 2.41. The molecule has 0 bridgehead atoms. The van der Waals surface area contributed by atoms with Gasteiger partial charge in [-0.25, -0.2) is 10.2 Å². The second-order valence-electron chi connectivity index (χ2n) is 9.64. The molecule has 2 heterocycles. The average Bonchev–Trinajstić information content (AvgIpc) is 3.24. The SMILES string of the molecule is CC(C)(C)OC(=O)NN1CSC2=C1C(=O)C(Cc1ccc(OC(F)(F)F)cc1)C=C2C(=O)Nc1cccnc1. The van der Waals surface area contributed by atoms with E-state index in [0.29, 0.717) is 16.2 Å². The minimum atomic E-state index is -4.83. The summed E-state index contributed by atoms with van der Waals surface area (Å²) in [5, 5.41) is 4.10. The van der Waals surface area contributed by atoms with Crippen LogP contribution in [0.3, 0.4) is 0 Å². The fourth-order valence-electron chi connectivity index (χ4n) is 3.91. The van der Waals surface area contributed by atoms with E-state index in [2.05, 4.69) is 20.5 Å². The average molecular weight is 563 g/mol. The summed E-state index contributed by atoms with van der Waals surface area (Å²) in [6, 6.07) is 8.47. The molecular formula is C26H25F3N4O5S. The van der Waals surface area contributed by atoms with Crippen molar-refractivity contribution in [3.8, 4) is 5.75 Å². The predicted octanol–water partition coefficient (Wildman–Crippen LogP) is 4.94. The highest BCUT2D eigenvalue weighted by molar-refractivity contribution is 8.03. The number of nitrogens with zero attached hydrogens (tertiary/aromatic N) is 2. The molecule has 2 aliphatic rings. The molecule has 2 N–H and O–H groups in total. The Morgan fingerprint density at radius 1 is 1.15 bits per heavy atom. The monoisotopic (exact) mass is 562 g/mol. The van der Waals surface area contributed by atoms with Gasteiger partial charge < -0.3 is 14.8 Å². The molecule has 0 spiro atoms. The number of pyridine rings is 1. The number of hydrazine groups is 1. The third-order valence-electron chi connectivity index (χ3n) is 5.41. The maximum Gasteiger partial charge on any atom is 0.573 e. The minimum Gasteiger partial charge on any atom is -0.443 e. The lowest BCUT2D eigenvalue weighted by molar-refractivity contribution is -0.274. The molecule has 1 aromatic heterocycles. The number of carbonyl (C=O) groups is 3. The molecule has 0 saturated heterocycles. The van der Waals surface area contributed by atoms with Crippen LogP contribution in [0.2, 0.25) is 0 Å². The van der Waals surface area contributed by atoms with Gasteiger partial charge in [-0.2, -0.15) is 0 Å². The number of ether oxygens (including phenoxy) is 2. The number of thioether (sulfide) groups is 1. The molecule has 2 aromatic rings. The number of benzene rings is 1. The highest BCUT2D eigenvalue weighted by Crippen LogP contribution is 2.42. The zero-order chi connectivity index (χ0) is 28.4. The lowest BCUT2D eigenvalue weighted by Crippen LogP contribution is -2.45. The van der Waals surface area contributed by atoms with Crippen molar-refractivity contribution in [3.05, 3.63) is 76.6 Å². The summed E-state index contributed by atoms with van der Waals surface area (Å²) < 4.78 is 46.8. The number of hydrogen-bond acceptors (Lipinski definition) is 8. The van der Waals surface area contributed by atoms with Gasteiger partial charge in [0.15, 0.2) is 5.78 Å². The van der Waals surface area contributed by atoms with Gasteiger partial charge in [0.1, 0.15) is 17.0 Å². The number of halogens is 3. The summed E-state index contributed by atoms with van der Waals surface area (Å²) in [6.07, 6.45) is -0.927. The molecule has 0 radical (unpaired) electrons. The quantitative estimate of drug-likeness (QED) is 0.510. The van der Waals surface area contributed by atoms with E-state index in [-0.39, 0.29) is 29.4 Å². The van der Waals surface area contributed by atoms with Gasteiger partial charge >= 0.3 is 12.5 Å². The van der Waals surface area contributed by atoms with Crippen LogP contribution in [0.1, 0.15) is 26.3 Å². The summed E-state index contributed by atoms with van der Waals surface area (Å²) in [5.74, 6) is -1.91. The molecule has 1 atom stereocenters. The first-order valence-corrected chi connectivity index (χ1v) is 12.7. The number of carbonyl (C=O) groups excluding carboxylic acids is 3. The largest absolute Gasteiger partial charge is 0.573 e. The van der Waals surface area contributed by atoms with Crippen LogP contribution in [-0.2, 0) is 20.7 Å². The van der Waals surface area contributed by atoms with Crippen molar-refractivity contribution in [2.24, 2.45) is 5.92 Å². The van der Waals surface area contributed by atoms with E-state index in [0.717, 1.165) is 12.1 Å². The first-order chi connectivity index (χ1) is 18.3. The van der Waals surface area contributed by atoms with Crippen molar-refractivity contribution < 1.29 is 37.0 Å². The van der Waals surface area contributed by atoms with E-state index in [1.807, 2.05) is 0 Å². The summed E-state index contributed by atoms with van der Waals surface area (Å²) in [7, 11) is 0. The molecule has 1 aliphatic carbocycles. The lowest BCUT2D eigenvalue weighted by atomic mass is 9.86. The fourth-order valence-corrected chi connectivity index (χ4v) is 5.02. The van der Waals surface area contributed by atoms with Crippen molar-refractivity contribution in [3.63, 3.8) is 0 Å². The number of Topliss-reactive ketones (excluding diaryl/α,β-unsaturated/α-hetero) is 1. The lowest BCUT2D eigenvalue weighted by Gasteiger charge is -2.28. The second kappa shape index (κ2) is 11.0. The highest BCUT2D eigenvalue weighted by atomic mass is 32.2. The van der Waals surface area contributed by atoms with Crippen LogP contribution in [0.25, 0.3) is 0 Å². The van der Waals surface area contributed by atoms with E-state index >= 15 is 0 Å². The number of aromatic nitrogens is 1. The van der Waals surface area contributed by atoms with Crippen molar-refractivity contribution in [1.82, 2.24) is 15.4 Å². The smallest absolute Gasteiger partial charge is 0.443 e. The van der Waals surface area contributed by atoms with E-state index in [4.69, 9.17) is 4.74 Å². The Balaban J connectivity index is 1.61. The molecule has 4 rings (SSSR count). The summed E-state index contributed by atoms with van der Waals surface area (Å²) >= 11 is 1.21. The normalized spacial score (nSPS) is 17.4.